The number of benzene rings is 3. The van der Waals surface area contributed by atoms with Crippen LogP contribution in [-0.4, -0.2) is 30.4 Å². The van der Waals surface area contributed by atoms with E-state index in [4.69, 9.17) is 0 Å². The topological polar surface area (TPSA) is 61.4 Å². The molecular formula is C27H31N3O2. The molecule has 0 radical (unpaired) electrons. The zero-order chi connectivity index (χ0) is 22.9. The van der Waals surface area contributed by atoms with Crippen molar-refractivity contribution in [2.75, 3.05) is 16.8 Å². The maximum absolute atomic E-state index is 13.1. The Labute approximate surface area is 190 Å². The van der Waals surface area contributed by atoms with Crippen molar-refractivity contribution in [3.05, 3.63) is 96.1 Å². The Bertz CT molecular complexity index is 1000. The minimum absolute atomic E-state index is 0.248. The second kappa shape index (κ2) is 11.1. The van der Waals surface area contributed by atoms with Crippen molar-refractivity contribution in [3.8, 4) is 0 Å². The van der Waals surface area contributed by atoms with Crippen LogP contribution in [0.3, 0.4) is 0 Å². The molecule has 0 saturated heterocycles. The highest BCUT2D eigenvalue weighted by Gasteiger charge is 2.22. The van der Waals surface area contributed by atoms with Crippen LogP contribution in [0.15, 0.2) is 84.9 Å². The number of carbonyl (C=O) groups excluding carboxylic acids is 2. The average molecular weight is 430 g/mol. The summed E-state index contributed by atoms with van der Waals surface area (Å²) in [4.78, 5) is 28.1. The van der Waals surface area contributed by atoms with Gasteiger partial charge in [0, 0.05) is 35.9 Å². The number of hydrogen-bond donors (Lipinski definition) is 2. The van der Waals surface area contributed by atoms with Crippen molar-refractivity contribution in [1.82, 2.24) is 5.32 Å². The first kappa shape index (κ1) is 23.1. The molecular weight excluding hydrogens is 398 g/mol. The number of hydrogen-bond acceptors (Lipinski definition) is 3. The van der Waals surface area contributed by atoms with Crippen molar-refractivity contribution in [2.24, 2.45) is 0 Å². The van der Waals surface area contributed by atoms with Crippen LogP contribution in [0.4, 0.5) is 11.4 Å². The Kier molecular flexibility index (Phi) is 8.03. The van der Waals surface area contributed by atoms with Crippen molar-refractivity contribution in [3.63, 3.8) is 0 Å². The molecule has 2 amide bonds. The zero-order valence-electron chi connectivity index (χ0n) is 18.9. The molecule has 1 atom stereocenters. The summed E-state index contributed by atoms with van der Waals surface area (Å²) < 4.78 is 0. The molecule has 0 saturated carbocycles. The molecule has 0 bridgehead atoms. The minimum Gasteiger partial charge on any atom is -0.369 e. The summed E-state index contributed by atoms with van der Waals surface area (Å²) in [5.41, 5.74) is 3.31. The van der Waals surface area contributed by atoms with Crippen molar-refractivity contribution in [2.45, 2.75) is 39.3 Å². The Balaban J connectivity index is 1.75. The maximum Gasteiger partial charge on any atom is 0.251 e. The average Bonchev–Trinajstić information content (AvgIpc) is 2.81. The third kappa shape index (κ3) is 6.20. The van der Waals surface area contributed by atoms with E-state index in [1.165, 1.54) is 0 Å². The highest BCUT2D eigenvalue weighted by molar-refractivity contribution is 6.01. The standard InChI is InChI=1S/C27H31N3O2/c1-4-30(20(2)3)24-17-15-23(16-18-24)28-27(32)25(19-21-11-7-5-8-12-21)29-26(31)22-13-9-6-10-14-22/h5-18,20,25H,4,19H2,1-3H3,(H,28,32)(H,29,31)/t25-/m0/s1. The smallest absolute Gasteiger partial charge is 0.251 e. The van der Waals surface area contributed by atoms with E-state index < -0.39 is 6.04 Å². The van der Waals surface area contributed by atoms with Crippen LogP contribution in [0.1, 0.15) is 36.7 Å². The lowest BCUT2D eigenvalue weighted by Gasteiger charge is -2.27. The molecule has 0 fully saturated rings. The lowest BCUT2D eigenvalue weighted by molar-refractivity contribution is -0.118. The Hall–Kier alpha value is -3.60. The van der Waals surface area contributed by atoms with Gasteiger partial charge in [0.1, 0.15) is 6.04 Å². The summed E-state index contributed by atoms with van der Waals surface area (Å²) in [7, 11) is 0. The number of rotatable bonds is 9. The largest absolute Gasteiger partial charge is 0.369 e. The second-order valence-corrected chi connectivity index (χ2v) is 8.00. The summed E-state index contributed by atoms with van der Waals surface area (Å²) in [6.45, 7) is 7.35. The van der Waals surface area contributed by atoms with Crippen LogP contribution < -0.4 is 15.5 Å². The van der Waals surface area contributed by atoms with Crippen molar-refractivity contribution in [1.29, 1.82) is 0 Å². The van der Waals surface area contributed by atoms with Crippen LogP contribution in [-0.2, 0) is 11.2 Å². The molecule has 3 rings (SSSR count). The normalized spacial score (nSPS) is 11.6. The van der Waals surface area contributed by atoms with Crippen molar-refractivity contribution >= 4 is 23.2 Å². The SMILES string of the molecule is CCN(c1ccc(NC(=O)[C@H](Cc2ccccc2)NC(=O)c2ccccc2)cc1)C(C)C. The van der Waals surface area contributed by atoms with Gasteiger partial charge in [-0.25, -0.2) is 0 Å². The molecule has 3 aromatic carbocycles. The monoisotopic (exact) mass is 429 g/mol. The third-order valence-electron chi connectivity index (χ3n) is 5.37. The Morgan fingerprint density at radius 3 is 2.00 bits per heavy atom. The fourth-order valence-electron chi connectivity index (χ4n) is 3.70. The molecule has 5 nitrogen and oxygen atoms in total. The highest BCUT2D eigenvalue weighted by Crippen LogP contribution is 2.20. The van der Waals surface area contributed by atoms with Gasteiger partial charge in [0.15, 0.2) is 0 Å². The van der Waals surface area contributed by atoms with E-state index >= 15 is 0 Å². The molecule has 0 aromatic heterocycles. The van der Waals surface area contributed by atoms with E-state index in [2.05, 4.69) is 36.3 Å². The van der Waals surface area contributed by atoms with E-state index in [1.54, 1.807) is 24.3 Å². The first-order valence-electron chi connectivity index (χ1n) is 11.0. The molecule has 5 heteroatoms. The molecule has 0 heterocycles. The van der Waals surface area contributed by atoms with Gasteiger partial charge in [0.2, 0.25) is 5.91 Å². The summed E-state index contributed by atoms with van der Waals surface area (Å²) in [6.07, 6.45) is 0.403. The van der Waals surface area contributed by atoms with Gasteiger partial charge in [0.25, 0.3) is 5.91 Å². The molecule has 0 aliphatic rings. The summed E-state index contributed by atoms with van der Waals surface area (Å²) in [6, 6.07) is 26.1. The van der Waals surface area contributed by atoms with Crippen molar-refractivity contribution < 1.29 is 9.59 Å². The Morgan fingerprint density at radius 2 is 1.44 bits per heavy atom. The summed E-state index contributed by atoms with van der Waals surface area (Å²) >= 11 is 0. The third-order valence-corrected chi connectivity index (χ3v) is 5.37. The van der Waals surface area contributed by atoms with Gasteiger partial charge in [0.05, 0.1) is 0 Å². The molecule has 0 unspecified atom stereocenters. The van der Waals surface area contributed by atoms with Gasteiger partial charge in [-0.1, -0.05) is 48.5 Å². The number of nitrogens with one attached hydrogen (secondary N) is 2. The number of nitrogens with zero attached hydrogens (tertiary/aromatic N) is 1. The van der Waals surface area contributed by atoms with Gasteiger partial charge < -0.3 is 15.5 Å². The van der Waals surface area contributed by atoms with Crippen LogP contribution in [0.2, 0.25) is 0 Å². The number of anilines is 2. The molecule has 166 valence electrons. The van der Waals surface area contributed by atoms with E-state index in [-0.39, 0.29) is 11.8 Å². The number of amides is 2. The van der Waals surface area contributed by atoms with Crippen LogP contribution in [0.5, 0.6) is 0 Å². The van der Waals surface area contributed by atoms with Crippen LogP contribution in [0, 0.1) is 0 Å². The van der Waals surface area contributed by atoms with E-state index in [0.29, 0.717) is 23.7 Å². The fraction of sp³-hybridized carbons (Fsp3) is 0.259. The molecule has 0 aliphatic carbocycles. The molecule has 0 aliphatic heterocycles. The first-order chi connectivity index (χ1) is 15.5. The maximum atomic E-state index is 13.1. The first-order valence-corrected chi connectivity index (χ1v) is 11.0. The summed E-state index contributed by atoms with van der Waals surface area (Å²) in [5, 5.41) is 5.86. The molecule has 3 aromatic rings. The van der Waals surface area contributed by atoms with Crippen LogP contribution in [0.25, 0.3) is 0 Å². The summed E-state index contributed by atoms with van der Waals surface area (Å²) in [5.74, 6) is -0.519. The lowest BCUT2D eigenvalue weighted by atomic mass is 10.0. The minimum atomic E-state index is -0.701. The van der Waals surface area contributed by atoms with Gasteiger partial charge in [-0.05, 0) is 62.7 Å². The quantitative estimate of drug-likeness (QED) is 0.509. The van der Waals surface area contributed by atoms with Gasteiger partial charge in [-0.15, -0.1) is 0 Å². The Morgan fingerprint density at radius 1 is 0.844 bits per heavy atom. The lowest BCUT2D eigenvalue weighted by Crippen LogP contribution is -2.45. The zero-order valence-corrected chi connectivity index (χ0v) is 18.9. The number of carbonyl (C=O) groups is 2. The predicted octanol–water partition coefficient (Wildman–Crippen LogP) is 4.90. The molecule has 32 heavy (non-hydrogen) atoms. The fourth-order valence-corrected chi connectivity index (χ4v) is 3.70. The van der Waals surface area contributed by atoms with E-state index in [0.717, 1.165) is 17.8 Å². The molecule has 0 spiro atoms. The van der Waals surface area contributed by atoms with E-state index in [9.17, 15) is 9.59 Å². The van der Waals surface area contributed by atoms with Gasteiger partial charge in [-0.3, -0.25) is 9.59 Å². The van der Waals surface area contributed by atoms with E-state index in [1.807, 2.05) is 60.7 Å². The molecule has 2 N–H and O–H groups in total. The predicted molar refractivity (Wildman–Crippen MR) is 131 cm³/mol. The second-order valence-electron chi connectivity index (χ2n) is 8.00. The van der Waals surface area contributed by atoms with Crippen LogP contribution >= 0.6 is 0 Å². The van der Waals surface area contributed by atoms with Gasteiger partial charge >= 0.3 is 0 Å². The van der Waals surface area contributed by atoms with Gasteiger partial charge in [-0.2, -0.15) is 0 Å². The highest BCUT2D eigenvalue weighted by atomic mass is 16.2.